The number of hydrogen-bond acceptors (Lipinski definition) is 6. The van der Waals surface area contributed by atoms with Crippen molar-refractivity contribution in [3.05, 3.63) is 49.9 Å². The zero-order chi connectivity index (χ0) is 19.6. The molecule has 2 aromatic rings. The summed E-state index contributed by atoms with van der Waals surface area (Å²) in [6.07, 6.45) is 2.76. The van der Waals surface area contributed by atoms with Crippen molar-refractivity contribution in [3.8, 4) is 11.8 Å². The van der Waals surface area contributed by atoms with Crippen LogP contribution in [0.4, 0.5) is 10.7 Å². The van der Waals surface area contributed by atoms with Crippen LogP contribution in [0.2, 0.25) is 0 Å². The van der Waals surface area contributed by atoms with Gasteiger partial charge in [0.15, 0.2) is 5.75 Å². The van der Waals surface area contributed by atoms with Gasteiger partial charge in [-0.2, -0.15) is 5.26 Å². The summed E-state index contributed by atoms with van der Waals surface area (Å²) in [5.41, 5.74) is 1.42. The first-order valence-electron chi connectivity index (χ1n) is 8.71. The third kappa shape index (κ3) is 3.78. The number of fused-ring (bicyclic) bond motifs is 1. The van der Waals surface area contributed by atoms with Crippen LogP contribution in [0.25, 0.3) is 0 Å². The van der Waals surface area contributed by atoms with Crippen molar-refractivity contribution < 1.29 is 14.5 Å². The van der Waals surface area contributed by atoms with Crippen LogP contribution in [-0.2, 0) is 12.8 Å². The van der Waals surface area contributed by atoms with Gasteiger partial charge in [-0.05, 0) is 49.8 Å². The van der Waals surface area contributed by atoms with Crippen molar-refractivity contribution in [2.24, 2.45) is 5.92 Å². The van der Waals surface area contributed by atoms with E-state index in [2.05, 4.69) is 18.3 Å². The largest absolute Gasteiger partial charge is 0.487 e. The summed E-state index contributed by atoms with van der Waals surface area (Å²) in [5, 5.41) is 24.0. The molecule has 8 heteroatoms. The molecule has 1 aliphatic rings. The van der Waals surface area contributed by atoms with Crippen LogP contribution in [0.3, 0.4) is 0 Å². The average Bonchev–Trinajstić information content (AvgIpc) is 2.97. The minimum atomic E-state index is -0.576. The predicted octanol–water partition coefficient (Wildman–Crippen LogP) is 4.30. The van der Waals surface area contributed by atoms with E-state index in [0.29, 0.717) is 16.5 Å². The van der Waals surface area contributed by atoms with Gasteiger partial charge < -0.3 is 10.1 Å². The summed E-state index contributed by atoms with van der Waals surface area (Å²) in [6, 6.07) is 6.30. The zero-order valence-electron chi connectivity index (χ0n) is 15.1. The Labute approximate surface area is 160 Å². The number of nitrogens with zero attached hydrogens (tertiary/aromatic N) is 2. The maximum absolute atomic E-state index is 12.6. The third-order valence-corrected chi connectivity index (χ3v) is 5.74. The fraction of sp³-hybridized carbons (Fsp3) is 0.368. The maximum Gasteiger partial charge on any atom is 0.311 e. The van der Waals surface area contributed by atoms with Gasteiger partial charge in [0.25, 0.3) is 5.91 Å². The Morgan fingerprint density at radius 2 is 2.30 bits per heavy atom. The number of nitro groups is 1. The molecule has 1 N–H and O–H groups in total. The number of rotatable bonds is 5. The predicted molar refractivity (Wildman–Crippen MR) is 102 cm³/mol. The molecule has 1 amide bonds. The lowest BCUT2D eigenvalue weighted by molar-refractivity contribution is -0.385. The number of thiophene rings is 1. The van der Waals surface area contributed by atoms with E-state index in [9.17, 15) is 20.2 Å². The summed E-state index contributed by atoms with van der Waals surface area (Å²) in [6.45, 7) is 4.19. The molecule has 1 aliphatic carbocycles. The van der Waals surface area contributed by atoms with E-state index in [1.165, 1.54) is 29.5 Å². The van der Waals surface area contributed by atoms with E-state index in [4.69, 9.17) is 4.74 Å². The van der Waals surface area contributed by atoms with E-state index >= 15 is 0 Å². The molecule has 0 spiro atoms. The molecule has 1 unspecified atom stereocenters. The molecule has 0 aliphatic heterocycles. The van der Waals surface area contributed by atoms with Crippen molar-refractivity contribution in [2.75, 3.05) is 11.9 Å². The second-order valence-corrected chi connectivity index (χ2v) is 7.60. The number of hydrogen-bond donors (Lipinski definition) is 1. The van der Waals surface area contributed by atoms with Crippen LogP contribution in [-0.4, -0.2) is 17.4 Å². The minimum Gasteiger partial charge on any atom is -0.487 e. The molecule has 0 saturated heterocycles. The Morgan fingerprint density at radius 1 is 1.52 bits per heavy atom. The van der Waals surface area contributed by atoms with E-state index in [1.54, 1.807) is 6.92 Å². The van der Waals surface area contributed by atoms with Gasteiger partial charge in [-0.25, -0.2) is 0 Å². The van der Waals surface area contributed by atoms with Crippen LogP contribution >= 0.6 is 11.3 Å². The van der Waals surface area contributed by atoms with Gasteiger partial charge in [0.05, 0.1) is 17.1 Å². The molecule has 1 aromatic carbocycles. The lowest BCUT2D eigenvalue weighted by Crippen LogP contribution is -2.12. The first kappa shape index (κ1) is 18.9. The number of anilines is 1. The Hall–Kier alpha value is -2.92. The van der Waals surface area contributed by atoms with Crippen LogP contribution in [0.5, 0.6) is 5.75 Å². The van der Waals surface area contributed by atoms with Crippen molar-refractivity contribution in [1.29, 1.82) is 5.26 Å². The number of ether oxygens (including phenoxy) is 1. The molecule has 0 radical (unpaired) electrons. The van der Waals surface area contributed by atoms with E-state index in [0.717, 1.165) is 29.7 Å². The number of nitro benzene ring substituents is 1. The molecule has 3 rings (SSSR count). The first-order valence-corrected chi connectivity index (χ1v) is 9.53. The molecule has 0 saturated carbocycles. The lowest BCUT2D eigenvalue weighted by Gasteiger charge is -2.17. The lowest BCUT2D eigenvalue weighted by atomic mass is 9.88. The van der Waals surface area contributed by atoms with Crippen molar-refractivity contribution >= 4 is 27.9 Å². The topological polar surface area (TPSA) is 105 Å². The standard InChI is InChI=1S/C19H19N3O4S/c1-3-26-16-7-5-12(9-15(16)22(24)25)18(23)21-19-14(10-20)13-6-4-11(2)8-17(13)27-19/h5,7,9,11H,3-4,6,8H2,1-2H3,(H,21,23). The molecule has 0 fully saturated rings. The summed E-state index contributed by atoms with van der Waals surface area (Å²) < 4.78 is 5.24. The van der Waals surface area contributed by atoms with Crippen LogP contribution < -0.4 is 10.1 Å². The SMILES string of the molecule is CCOc1ccc(C(=O)Nc2sc3c(c2C#N)CCC(C)C3)cc1[N+](=O)[O-]. The molecule has 7 nitrogen and oxygen atoms in total. The highest BCUT2D eigenvalue weighted by Crippen LogP contribution is 2.39. The van der Waals surface area contributed by atoms with Gasteiger partial charge >= 0.3 is 5.69 Å². The monoisotopic (exact) mass is 385 g/mol. The zero-order valence-corrected chi connectivity index (χ0v) is 15.9. The fourth-order valence-electron chi connectivity index (χ4n) is 3.21. The van der Waals surface area contributed by atoms with Gasteiger partial charge in [0, 0.05) is 16.5 Å². The van der Waals surface area contributed by atoms with Gasteiger partial charge in [-0.1, -0.05) is 6.92 Å². The van der Waals surface area contributed by atoms with Crippen LogP contribution in [0.1, 0.15) is 46.6 Å². The second kappa shape index (κ2) is 7.76. The normalized spacial score (nSPS) is 15.5. The Balaban J connectivity index is 1.89. The molecule has 27 heavy (non-hydrogen) atoms. The summed E-state index contributed by atoms with van der Waals surface area (Å²) in [5.74, 6) is 0.196. The van der Waals surface area contributed by atoms with E-state index in [1.807, 2.05) is 0 Å². The third-order valence-electron chi connectivity index (χ3n) is 4.57. The smallest absolute Gasteiger partial charge is 0.311 e. The number of nitriles is 1. The van der Waals surface area contributed by atoms with E-state index < -0.39 is 10.8 Å². The first-order chi connectivity index (χ1) is 12.9. The van der Waals surface area contributed by atoms with Crippen molar-refractivity contribution in [1.82, 2.24) is 0 Å². The van der Waals surface area contributed by atoms with E-state index in [-0.39, 0.29) is 23.6 Å². The molecule has 1 heterocycles. The summed E-state index contributed by atoms with van der Waals surface area (Å²) >= 11 is 1.42. The van der Waals surface area contributed by atoms with Crippen molar-refractivity contribution in [2.45, 2.75) is 33.1 Å². The number of nitrogens with one attached hydrogen (secondary N) is 1. The number of carbonyl (C=O) groups excluding carboxylic acids is 1. The molecule has 140 valence electrons. The molecule has 0 bridgehead atoms. The number of amides is 1. The Bertz CT molecular complexity index is 945. The van der Waals surface area contributed by atoms with Gasteiger partial charge in [0.2, 0.25) is 0 Å². The molecule has 1 atom stereocenters. The highest BCUT2D eigenvalue weighted by Gasteiger charge is 2.25. The number of carbonyl (C=O) groups is 1. The highest BCUT2D eigenvalue weighted by atomic mass is 32.1. The maximum atomic E-state index is 12.6. The molecule has 1 aromatic heterocycles. The Morgan fingerprint density at radius 3 is 2.96 bits per heavy atom. The number of benzene rings is 1. The van der Waals surface area contributed by atoms with Gasteiger partial charge in [0.1, 0.15) is 11.1 Å². The highest BCUT2D eigenvalue weighted by molar-refractivity contribution is 7.16. The summed E-state index contributed by atoms with van der Waals surface area (Å²) in [4.78, 5) is 24.4. The molecular weight excluding hydrogens is 366 g/mol. The summed E-state index contributed by atoms with van der Waals surface area (Å²) in [7, 11) is 0. The average molecular weight is 385 g/mol. The van der Waals surface area contributed by atoms with Crippen LogP contribution in [0, 0.1) is 27.4 Å². The quantitative estimate of drug-likeness (QED) is 0.610. The van der Waals surface area contributed by atoms with Gasteiger partial charge in [-0.15, -0.1) is 11.3 Å². The van der Waals surface area contributed by atoms with Gasteiger partial charge in [-0.3, -0.25) is 14.9 Å². The molecular formula is C19H19N3O4S. The minimum absolute atomic E-state index is 0.123. The van der Waals surface area contributed by atoms with Crippen LogP contribution in [0.15, 0.2) is 18.2 Å². The van der Waals surface area contributed by atoms with Crippen molar-refractivity contribution in [3.63, 3.8) is 0 Å². The Kier molecular flexibility index (Phi) is 5.42. The fourth-order valence-corrected chi connectivity index (χ4v) is 4.57. The second-order valence-electron chi connectivity index (χ2n) is 6.49.